The van der Waals surface area contributed by atoms with Crippen molar-refractivity contribution in [3.63, 3.8) is 0 Å². The van der Waals surface area contributed by atoms with Crippen molar-refractivity contribution in [2.45, 2.75) is 13.8 Å². The minimum Gasteiger partial charge on any atom is -0.467 e. The van der Waals surface area contributed by atoms with Crippen molar-refractivity contribution >= 4 is 17.8 Å². The van der Waals surface area contributed by atoms with Crippen molar-refractivity contribution in [3.05, 3.63) is 0 Å². The van der Waals surface area contributed by atoms with Crippen molar-refractivity contribution < 1.29 is 9.53 Å². The van der Waals surface area contributed by atoms with Crippen molar-refractivity contribution in [1.29, 1.82) is 0 Å². The van der Waals surface area contributed by atoms with Crippen LogP contribution in [-0.4, -0.2) is 66.6 Å². The Morgan fingerprint density at radius 2 is 1.90 bits per heavy atom. The Morgan fingerprint density at radius 3 is 2.40 bits per heavy atom. The molecule has 0 aliphatic carbocycles. The molecule has 0 fully saturated rings. The Labute approximate surface area is 119 Å². The van der Waals surface area contributed by atoms with Gasteiger partial charge in [-0.15, -0.1) is 0 Å². The molecule has 0 saturated heterocycles. The van der Waals surface area contributed by atoms with Gasteiger partial charge in [-0.25, -0.2) is 0 Å². The van der Waals surface area contributed by atoms with Crippen LogP contribution in [0, 0.1) is 0 Å². The zero-order valence-corrected chi connectivity index (χ0v) is 12.7. The fourth-order valence-electron chi connectivity index (χ4n) is 1.67. The Balaban J connectivity index is 2.86. The van der Waals surface area contributed by atoms with E-state index in [1.165, 1.54) is 7.11 Å². The van der Waals surface area contributed by atoms with E-state index in [9.17, 15) is 4.79 Å². The van der Waals surface area contributed by atoms with Crippen LogP contribution in [0.15, 0.2) is 0 Å². The highest BCUT2D eigenvalue weighted by Gasteiger charge is 2.16. The predicted octanol–water partition coefficient (Wildman–Crippen LogP) is 0.227. The van der Waals surface area contributed by atoms with Gasteiger partial charge in [-0.3, -0.25) is 4.79 Å². The largest absolute Gasteiger partial charge is 0.467 e. The molecule has 0 unspecified atom stereocenters. The molecule has 1 aromatic heterocycles. The molecule has 0 bridgehead atoms. The van der Waals surface area contributed by atoms with E-state index in [1.807, 2.05) is 13.8 Å². The highest BCUT2D eigenvalue weighted by Crippen LogP contribution is 2.13. The third kappa shape index (κ3) is 3.94. The Kier molecular flexibility index (Phi) is 5.95. The van der Waals surface area contributed by atoms with E-state index >= 15 is 0 Å². The first-order valence-electron chi connectivity index (χ1n) is 6.52. The number of nitrogens with one attached hydrogen (secondary N) is 1. The van der Waals surface area contributed by atoms with Crippen molar-refractivity contribution in [3.8, 4) is 6.01 Å². The normalized spacial score (nSPS) is 10.1. The summed E-state index contributed by atoms with van der Waals surface area (Å²) in [4.78, 5) is 27.9. The summed E-state index contributed by atoms with van der Waals surface area (Å²) in [5, 5.41) is 2.83. The first kappa shape index (κ1) is 15.9. The van der Waals surface area contributed by atoms with Crippen molar-refractivity contribution in [2.24, 2.45) is 0 Å². The number of amides is 1. The van der Waals surface area contributed by atoms with E-state index in [2.05, 4.69) is 20.3 Å². The van der Waals surface area contributed by atoms with E-state index in [1.54, 1.807) is 23.9 Å². The molecule has 112 valence electrons. The van der Waals surface area contributed by atoms with Gasteiger partial charge in [-0.1, -0.05) is 0 Å². The summed E-state index contributed by atoms with van der Waals surface area (Å²) in [7, 11) is 4.95. The van der Waals surface area contributed by atoms with Crippen LogP contribution in [0.25, 0.3) is 0 Å². The van der Waals surface area contributed by atoms with Crippen LogP contribution in [0.1, 0.15) is 13.8 Å². The highest BCUT2D eigenvalue weighted by atomic mass is 16.5. The molecular formula is C12H22N6O2. The third-order valence-electron chi connectivity index (χ3n) is 2.84. The van der Waals surface area contributed by atoms with Gasteiger partial charge >= 0.3 is 6.01 Å². The number of hydrogen-bond acceptors (Lipinski definition) is 7. The molecule has 0 saturated carbocycles. The Bertz CT molecular complexity index is 427. The van der Waals surface area contributed by atoms with Gasteiger partial charge in [0.05, 0.1) is 13.7 Å². The minimum absolute atomic E-state index is 0.0305. The SMILES string of the molecule is CCN(CC)C(=O)CN(C)c1nc(NC)nc(OC)n1. The van der Waals surface area contributed by atoms with Crippen LogP contribution in [0.5, 0.6) is 6.01 Å². The number of aromatic nitrogens is 3. The molecule has 0 atom stereocenters. The fraction of sp³-hybridized carbons (Fsp3) is 0.667. The quantitative estimate of drug-likeness (QED) is 0.766. The van der Waals surface area contributed by atoms with Crippen molar-refractivity contribution in [2.75, 3.05) is 51.1 Å². The zero-order chi connectivity index (χ0) is 15.1. The van der Waals surface area contributed by atoms with Gasteiger partial charge in [-0.2, -0.15) is 15.0 Å². The number of carbonyl (C=O) groups is 1. The monoisotopic (exact) mass is 282 g/mol. The minimum atomic E-state index is 0.0305. The zero-order valence-electron chi connectivity index (χ0n) is 12.7. The summed E-state index contributed by atoms with van der Waals surface area (Å²) in [6.07, 6.45) is 0. The summed E-state index contributed by atoms with van der Waals surface area (Å²) in [6.45, 7) is 5.48. The van der Waals surface area contributed by atoms with Gasteiger partial charge in [-0.05, 0) is 13.8 Å². The maximum absolute atomic E-state index is 12.1. The smallest absolute Gasteiger partial charge is 0.322 e. The Morgan fingerprint density at radius 1 is 1.25 bits per heavy atom. The Hall–Kier alpha value is -2.12. The van der Waals surface area contributed by atoms with E-state index in [0.29, 0.717) is 25.0 Å². The van der Waals surface area contributed by atoms with Crippen LogP contribution in [0.2, 0.25) is 0 Å². The molecule has 0 aliphatic heterocycles. The molecule has 1 rings (SSSR count). The first-order chi connectivity index (χ1) is 9.55. The van der Waals surface area contributed by atoms with Gasteiger partial charge in [0, 0.05) is 27.2 Å². The number of anilines is 2. The van der Waals surface area contributed by atoms with Gasteiger partial charge < -0.3 is 19.9 Å². The standard InChI is InChI=1S/C12H22N6O2/c1-6-18(7-2)9(19)8-17(4)11-14-10(13-3)15-12(16-11)20-5/h6-8H2,1-5H3,(H,13,14,15,16). The lowest BCUT2D eigenvalue weighted by atomic mass is 10.4. The molecule has 8 nitrogen and oxygen atoms in total. The third-order valence-corrected chi connectivity index (χ3v) is 2.84. The van der Waals surface area contributed by atoms with Crippen LogP contribution in [-0.2, 0) is 4.79 Å². The second kappa shape index (κ2) is 7.46. The van der Waals surface area contributed by atoms with Gasteiger partial charge in [0.25, 0.3) is 0 Å². The average Bonchev–Trinajstić information content (AvgIpc) is 2.47. The van der Waals surface area contributed by atoms with Gasteiger partial charge in [0.2, 0.25) is 17.8 Å². The number of ether oxygens (including phenoxy) is 1. The summed E-state index contributed by atoms with van der Waals surface area (Å²) in [6, 6.07) is 0.210. The summed E-state index contributed by atoms with van der Waals surface area (Å²) in [5.41, 5.74) is 0. The molecular weight excluding hydrogens is 260 g/mol. The molecule has 0 aliphatic rings. The number of nitrogens with zero attached hydrogens (tertiary/aromatic N) is 5. The number of carbonyl (C=O) groups excluding carboxylic acids is 1. The first-order valence-corrected chi connectivity index (χ1v) is 6.52. The molecule has 1 heterocycles. The molecule has 0 aromatic carbocycles. The molecule has 0 spiro atoms. The second-order valence-corrected chi connectivity index (χ2v) is 4.12. The lowest BCUT2D eigenvalue weighted by molar-refractivity contribution is -0.129. The van der Waals surface area contributed by atoms with Gasteiger partial charge in [0.15, 0.2) is 0 Å². The topological polar surface area (TPSA) is 83.5 Å². The maximum Gasteiger partial charge on any atom is 0.322 e. The summed E-state index contributed by atoms with van der Waals surface area (Å²) in [5.74, 6) is 0.818. The lowest BCUT2D eigenvalue weighted by Crippen LogP contribution is -2.39. The van der Waals surface area contributed by atoms with Crippen LogP contribution < -0.4 is 15.0 Å². The predicted molar refractivity (Wildman–Crippen MR) is 77.1 cm³/mol. The lowest BCUT2D eigenvalue weighted by Gasteiger charge is -2.23. The van der Waals surface area contributed by atoms with Crippen LogP contribution in [0.3, 0.4) is 0 Å². The summed E-state index contributed by atoms with van der Waals surface area (Å²) >= 11 is 0. The second-order valence-electron chi connectivity index (χ2n) is 4.12. The van der Waals surface area contributed by atoms with E-state index in [0.717, 1.165) is 0 Å². The number of hydrogen-bond donors (Lipinski definition) is 1. The number of likely N-dealkylation sites (N-methyl/N-ethyl adjacent to an activating group) is 2. The maximum atomic E-state index is 12.1. The van der Waals surface area contributed by atoms with Gasteiger partial charge in [0.1, 0.15) is 0 Å². The molecule has 1 amide bonds. The number of methoxy groups -OCH3 is 1. The van der Waals surface area contributed by atoms with Crippen LogP contribution >= 0.6 is 0 Å². The average molecular weight is 282 g/mol. The molecule has 0 radical (unpaired) electrons. The molecule has 8 heteroatoms. The van der Waals surface area contributed by atoms with E-state index < -0.39 is 0 Å². The molecule has 20 heavy (non-hydrogen) atoms. The molecule has 1 N–H and O–H groups in total. The fourth-order valence-corrected chi connectivity index (χ4v) is 1.67. The van der Waals surface area contributed by atoms with E-state index in [4.69, 9.17) is 4.74 Å². The van der Waals surface area contributed by atoms with E-state index in [-0.39, 0.29) is 18.5 Å². The van der Waals surface area contributed by atoms with Crippen molar-refractivity contribution in [1.82, 2.24) is 19.9 Å². The summed E-state index contributed by atoms with van der Waals surface area (Å²) < 4.78 is 5.02. The highest BCUT2D eigenvalue weighted by molar-refractivity contribution is 5.80. The van der Waals surface area contributed by atoms with Crippen LogP contribution in [0.4, 0.5) is 11.9 Å². The molecule has 1 aromatic rings. The number of rotatable bonds is 7.